The molecule has 0 saturated heterocycles. The molecule has 33 heteroatoms. The van der Waals surface area contributed by atoms with E-state index in [2.05, 4.69) is 51.8 Å². The number of rotatable bonds is 38. The fourth-order valence-corrected chi connectivity index (χ4v) is 11.2. The third-order valence-electron chi connectivity index (χ3n) is 18.3. The van der Waals surface area contributed by atoms with Gasteiger partial charge in [-0.15, -0.1) is 0 Å². The number of nitrogens with zero attached hydrogens (tertiary/aromatic N) is 7. The first-order valence-corrected chi connectivity index (χ1v) is 37.5. The molecule has 0 saturated carbocycles. The molecule has 9 rings (SSSR count). The molecule has 0 unspecified atom stereocenters. The van der Waals surface area contributed by atoms with Crippen molar-refractivity contribution in [3.05, 3.63) is 154 Å². The number of nitrogen functional groups attached to an aromatic ring is 2. The van der Waals surface area contributed by atoms with Gasteiger partial charge in [-0.05, 0) is 136 Å². The smallest absolute Gasteiger partial charge is 0.461 e. The molecular weight excluding hydrogens is 1440 g/mol. The molecule has 0 fully saturated rings. The van der Waals surface area contributed by atoms with Crippen LogP contribution in [0, 0.1) is 33.8 Å². The number of ether oxygens (including phenoxy) is 3. The Labute approximate surface area is 648 Å². The van der Waals surface area contributed by atoms with Crippen LogP contribution in [0.5, 0.6) is 5.75 Å². The van der Waals surface area contributed by atoms with Gasteiger partial charge < -0.3 is 84.5 Å². The summed E-state index contributed by atoms with van der Waals surface area (Å²) in [5.41, 5.74) is 34.9. The van der Waals surface area contributed by atoms with Gasteiger partial charge in [0.05, 0.1) is 16.0 Å². The number of carbonyl (C=O) groups excluding carboxylic acids is 8. The molecule has 4 heterocycles. The van der Waals surface area contributed by atoms with Crippen molar-refractivity contribution in [2.24, 2.45) is 40.9 Å². The van der Waals surface area contributed by atoms with E-state index in [1.807, 2.05) is 102 Å². The number of nitrogens with one attached hydrogen (secondary N) is 6. The quantitative estimate of drug-likeness (QED) is 0.00563. The third-order valence-corrected chi connectivity index (χ3v) is 18.3. The number of amides is 8. The summed E-state index contributed by atoms with van der Waals surface area (Å²) < 4.78 is 19.1. The fourth-order valence-electron chi connectivity index (χ4n) is 11.2. The van der Waals surface area contributed by atoms with Crippen LogP contribution in [-0.2, 0) is 59.5 Å². The number of pyridine rings is 2. The number of para-hydroxylation sites is 2. The number of nitrogens with two attached hydrogens (primary N) is 5. The Hall–Kier alpha value is -12.4. The maximum Gasteiger partial charge on any atom is 0.514 e. The highest BCUT2D eigenvalue weighted by Crippen LogP contribution is 2.31. The van der Waals surface area contributed by atoms with Crippen molar-refractivity contribution in [1.82, 2.24) is 50.7 Å². The van der Waals surface area contributed by atoms with Crippen LogP contribution in [-0.4, -0.2) is 127 Å². The summed E-state index contributed by atoms with van der Waals surface area (Å²) in [4.78, 5) is 138. The van der Waals surface area contributed by atoms with Gasteiger partial charge in [0.1, 0.15) is 78.0 Å². The highest BCUT2D eigenvalue weighted by Gasteiger charge is 2.28. The standard InChI is InChI=1S/C37H50N8O6.C26H33N5O8.C16H21N5O/c1-5-30-44-32-33(27-12-8-9-13-28(27)42-34(32)38)45(30)51-21-10-6-7-15-31(46)50-22-25-16-18-26(19-17-25)41-36(48)29(14-11-20-40-37(39)49)43-35(47)24(4)23(2)3;1-16(2)17(3)23(32)30-22(5-4-14-28-25(27)34)24(33)29-19-8-6-18(7-9-19)15-38-26(35)39-21-12-10-20(11-13-21)31(36)37;1-2-13-20-14-15(21(13)22-10-6-5-9-17)11-7-3-4-8-12(11)19-16(14)18/h8-9,12-13,16-19,23-24,29H,5-7,10-11,14-15,20-22H2,1-4H3,(H2,38,42)(H,41,48)(H,43,47)(H3,39,40,49);6-13,16-17,22H,4-5,14-15H2,1-3H3,(H,29,33)(H,30,32)(H3,27,28,34);3-4,7-8H,2,5-6,9-10,17H2,1H3,(H2,18,19)/t24-,29-;17-,22-;/m00./s1. The molecule has 112 heavy (non-hydrogen) atoms. The zero-order chi connectivity index (χ0) is 81.4. The van der Waals surface area contributed by atoms with Gasteiger partial charge in [-0.1, -0.05) is 116 Å². The topological polar surface area (TPSA) is 490 Å². The average molecular weight is 1550 g/mol. The van der Waals surface area contributed by atoms with E-state index < -0.39 is 41.1 Å². The van der Waals surface area contributed by atoms with Crippen LogP contribution < -0.4 is 75.0 Å². The SMILES string of the molecule is CC(C)[C@H](C)C(=O)N[C@@H](CCCNC(N)=O)C(=O)Nc1ccc(COC(=O)Oc2ccc([N+](=O)[O-])cc2)cc1.CCc1nc2c(N)nc3ccccc3c2n1OCCCCCC(=O)OCc1ccc(NC(=O)[C@H](CCCNC(N)=O)NC(=O)[C@@H](C)C(C)C)cc1.CCc1nc2c(N)nc3ccccc3c2n1OCCCCN. The second-order valence-corrected chi connectivity index (χ2v) is 27.2. The van der Waals surface area contributed by atoms with Crippen molar-refractivity contribution in [2.75, 3.05) is 54.9 Å². The number of non-ortho nitro benzene ring substituents is 1. The molecule has 0 aliphatic rings. The lowest BCUT2D eigenvalue weighted by Crippen LogP contribution is -2.46. The summed E-state index contributed by atoms with van der Waals surface area (Å²) in [6, 6.07) is 31.2. The second kappa shape index (κ2) is 43.7. The van der Waals surface area contributed by atoms with Gasteiger partial charge in [0.2, 0.25) is 23.6 Å². The summed E-state index contributed by atoms with van der Waals surface area (Å²) in [6.07, 6.45) is 6.24. The van der Waals surface area contributed by atoms with Crippen LogP contribution in [0.25, 0.3) is 43.9 Å². The first-order chi connectivity index (χ1) is 53.7. The number of aromatic nitrogens is 6. The molecule has 600 valence electrons. The molecule has 0 spiro atoms. The Morgan fingerprint density at radius 1 is 0.518 bits per heavy atom. The van der Waals surface area contributed by atoms with Crippen molar-refractivity contribution in [2.45, 2.75) is 158 Å². The van der Waals surface area contributed by atoms with E-state index in [1.165, 1.54) is 24.3 Å². The largest absolute Gasteiger partial charge is 0.514 e. The van der Waals surface area contributed by atoms with Gasteiger partial charge in [-0.25, -0.2) is 34.3 Å². The van der Waals surface area contributed by atoms with E-state index in [0.29, 0.717) is 91.5 Å². The van der Waals surface area contributed by atoms with Gasteiger partial charge in [-0.2, -0.15) is 9.46 Å². The summed E-state index contributed by atoms with van der Waals surface area (Å²) in [5.74, 6) is 0.596. The molecule has 0 aliphatic carbocycles. The summed E-state index contributed by atoms with van der Waals surface area (Å²) in [6.45, 7) is 17.6. The van der Waals surface area contributed by atoms with Crippen molar-refractivity contribution in [3.63, 3.8) is 0 Å². The van der Waals surface area contributed by atoms with Crippen LogP contribution in [0.3, 0.4) is 0 Å². The summed E-state index contributed by atoms with van der Waals surface area (Å²) in [5, 5.41) is 28.8. The molecule has 9 aromatic rings. The van der Waals surface area contributed by atoms with Crippen molar-refractivity contribution < 1.29 is 67.2 Å². The minimum atomic E-state index is -0.985. The molecule has 4 atom stereocenters. The van der Waals surface area contributed by atoms with Crippen LogP contribution in [0.15, 0.2) is 121 Å². The van der Waals surface area contributed by atoms with Gasteiger partial charge in [0, 0.05) is 78.5 Å². The number of fused-ring (bicyclic) bond motifs is 6. The minimum absolute atomic E-state index is 0.0893. The molecule has 4 aromatic heterocycles. The number of benzene rings is 5. The molecule has 0 aliphatic heterocycles. The number of primary amides is 2. The highest BCUT2D eigenvalue weighted by molar-refractivity contribution is 6.07. The summed E-state index contributed by atoms with van der Waals surface area (Å²) >= 11 is 0. The Morgan fingerprint density at radius 3 is 1.36 bits per heavy atom. The molecule has 33 nitrogen and oxygen atoms in total. The van der Waals surface area contributed by atoms with Crippen molar-refractivity contribution >= 4 is 120 Å². The lowest BCUT2D eigenvalue weighted by atomic mass is 9.96. The monoisotopic (exact) mass is 1540 g/mol. The second-order valence-electron chi connectivity index (χ2n) is 27.2. The number of nitro groups is 1. The number of unbranched alkanes of at least 4 members (excludes halogenated alkanes) is 3. The number of hydrogen-bond donors (Lipinski definition) is 11. The predicted molar refractivity (Wildman–Crippen MR) is 427 cm³/mol. The average Bonchev–Trinajstić information content (AvgIpc) is 1.62. The first-order valence-electron chi connectivity index (χ1n) is 37.5. The van der Waals surface area contributed by atoms with Gasteiger partial charge >= 0.3 is 24.2 Å². The van der Waals surface area contributed by atoms with Crippen LogP contribution >= 0.6 is 0 Å². The molecular formula is C79H104N18O15. The Bertz CT molecular complexity index is 4650. The number of esters is 1. The molecule has 0 radical (unpaired) electrons. The molecule has 16 N–H and O–H groups in total. The Balaban J connectivity index is 0.000000251. The zero-order valence-electron chi connectivity index (χ0n) is 64.6. The highest BCUT2D eigenvalue weighted by atomic mass is 16.7. The molecule has 0 bridgehead atoms. The number of carbonyl (C=O) groups is 8. The van der Waals surface area contributed by atoms with Crippen molar-refractivity contribution in [1.29, 1.82) is 0 Å². The molecule has 5 aromatic carbocycles. The van der Waals surface area contributed by atoms with Gasteiger partial charge in [-0.3, -0.25) is 34.1 Å². The lowest BCUT2D eigenvalue weighted by Gasteiger charge is -2.22. The van der Waals surface area contributed by atoms with Crippen LogP contribution in [0.4, 0.5) is 43.1 Å². The fraction of sp³-hybridized carbons (Fsp3) is 0.418. The number of nitro benzene ring substituents is 1. The number of aryl methyl sites for hydroxylation is 2. The van der Waals surface area contributed by atoms with E-state index in [1.54, 1.807) is 60.2 Å². The first kappa shape index (κ1) is 86.8. The number of imidazole rings is 2. The van der Waals surface area contributed by atoms with E-state index in [9.17, 15) is 48.5 Å². The lowest BCUT2D eigenvalue weighted by molar-refractivity contribution is -0.384. The number of urea groups is 2. The van der Waals surface area contributed by atoms with E-state index in [0.717, 1.165) is 82.2 Å². The Morgan fingerprint density at radius 2 is 0.946 bits per heavy atom. The van der Waals surface area contributed by atoms with Crippen LogP contribution in [0.1, 0.15) is 142 Å². The maximum absolute atomic E-state index is 13.1. The molecule has 8 amide bonds. The minimum Gasteiger partial charge on any atom is -0.461 e. The normalized spacial score (nSPS) is 12.1. The maximum atomic E-state index is 13.1. The Kier molecular flexibility index (Phi) is 33.9. The third kappa shape index (κ3) is 26.1. The van der Waals surface area contributed by atoms with E-state index >= 15 is 0 Å². The van der Waals surface area contributed by atoms with E-state index in [-0.39, 0.29) is 97.9 Å². The number of hydrogen-bond acceptors (Lipinski definition) is 22. The van der Waals surface area contributed by atoms with Crippen LogP contribution in [0.2, 0.25) is 0 Å². The van der Waals surface area contributed by atoms with E-state index in [4.69, 9.17) is 52.6 Å². The predicted octanol–water partition coefficient (Wildman–Crippen LogP) is 10.00. The van der Waals surface area contributed by atoms with Crippen molar-refractivity contribution in [3.8, 4) is 5.75 Å². The zero-order valence-corrected chi connectivity index (χ0v) is 64.6. The number of anilines is 4. The summed E-state index contributed by atoms with van der Waals surface area (Å²) in [7, 11) is 0. The van der Waals surface area contributed by atoms with Gasteiger partial charge in [0.15, 0.2) is 11.6 Å². The van der Waals surface area contributed by atoms with Gasteiger partial charge in [0.25, 0.3) is 5.69 Å².